The molecule has 1 amide bonds. The number of hydrogen-bond acceptors (Lipinski definition) is 4. The number of benzene rings is 3. The number of hydrogen-bond donors (Lipinski definition) is 1. The quantitative estimate of drug-likeness (QED) is 0.457. The number of nitrogens with zero attached hydrogens (tertiary/aromatic N) is 1. The molecule has 0 aliphatic carbocycles. The maximum atomic E-state index is 13.3. The molecule has 0 spiro atoms. The van der Waals surface area contributed by atoms with Crippen molar-refractivity contribution in [2.75, 3.05) is 12.4 Å². The summed E-state index contributed by atoms with van der Waals surface area (Å²) in [6.07, 6.45) is 0. The number of carbonyl (C=O) groups excluding carboxylic acids is 1. The van der Waals surface area contributed by atoms with Crippen LogP contribution in [0.3, 0.4) is 0 Å². The Kier molecular flexibility index (Phi) is 5.58. The summed E-state index contributed by atoms with van der Waals surface area (Å²) in [6.45, 7) is 5.97. The zero-order valence-corrected chi connectivity index (χ0v) is 18.0. The van der Waals surface area contributed by atoms with Gasteiger partial charge >= 0.3 is 0 Å². The number of ether oxygens (including phenoxy) is 1. The number of nitrogens with one attached hydrogen (secondary N) is 1. The molecule has 5 nitrogen and oxygen atoms in total. The molecular weight excluding hydrogens is 388 g/mol. The van der Waals surface area contributed by atoms with E-state index in [2.05, 4.69) is 5.32 Å². The summed E-state index contributed by atoms with van der Waals surface area (Å²) in [6, 6.07) is 21.0. The van der Waals surface area contributed by atoms with Gasteiger partial charge in [-0.1, -0.05) is 48.0 Å². The van der Waals surface area contributed by atoms with E-state index in [0.29, 0.717) is 16.9 Å². The lowest BCUT2D eigenvalue weighted by Crippen LogP contribution is -2.22. The van der Waals surface area contributed by atoms with Gasteiger partial charge in [-0.05, 0) is 56.2 Å². The molecule has 0 fully saturated rings. The van der Waals surface area contributed by atoms with E-state index < -0.39 is 0 Å². The summed E-state index contributed by atoms with van der Waals surface area (Å²) in [5.74, 6) is 0.298. The standard InChI is InChI=1S/C26H24N2O3/c1-16-12-13-22(18(3)14-16)28-26-20(25(29)27-21-10-6-5-8-17(21)2)15-19-9-7-11-23(30-4)24(19)31-26/h5-15H,1-4H3,(H,27,29). The molecule has 0 bridgehead atoms. The van der Waals surface area contributed by atoms with Crippen LogP contribution in [-0.2, 0) is 0 Å². The number of fused-ring (bicyclic) bond motifs is 1. The van der Waals surface area contributed by atoms with E-state index in [1.54, 1.807) is 13.2 Å². The van der Waals surface area contributed by atoms with Crippen molar-refractivity contribution in [3.05, 3.63) is 94.5 Å². The Morgan fingerprint density at radius 2 is 1.74 bits per heavy atom. The molecule has 0 saturated heterocycles. The van der Waals surface area contributed by atoms with Gasteiger partial charge in [0, 0.05) is 11.1 Å². The molecule has 1 aromatic heterocycles. The van der Waals surface area contributed by atoms with Gasteiger partial charge in [-0.3, -0.25) is 4.79 Å². The molecule has 31 heavy (non-hydrogen) atoms. The first kappa shape index (κ1) is 20.4. The normalized spacial score (nSPS) is 11.5. The fourth-order valence-electron chi connectivity index (χ4n) is 3.47. The van der Waals surface area contributed by atoms with Crippen molar-refractivity contribution in [2.45, 2.75) is 20.8 Å². The molecule has 0 unspecified atom stereocenters. The summed E-state index contributed by atoms with van der Waals surface area (Å²) < 4.78 is 11.6. The number of para-hydroxylation sites is 2. The fourth-order valence-corrected chi connectivity index (χ4v) is 3.47. The predicted octanol–water partition coefficient (Wildman–Crippen LogP) is 5.85. The molecular formula is C26H24N2O3. The first-order chi connectivity index (χ1) is 15.0. The van der Waals surface area contributed by atoms with Crippen molar-refractivity contribution in [2.24, 2.45) is 4.99 Å². The van der Waals surface area contributed by atoms with Crippen molar-refractivity contribution in [1.82, 2.24) is 0 Å². The molecule has 0 saturated carbocycles. The monoisotopic (exact) mass is 412 g/mol. The third kappa shape index (κ3) is 4.21. The Balaban J connectivity index is 1.92. The predicted molar refractivity (Wildman–Crippen MR) is 123 cm³/mol. The molecule has 1 N–H and O–H groups in total. The van der Waals surface area contributed by atoms with Gasteiger partial charge in [-0.2, -0.15) is 0 Å². The van der Waals surface area contributed by atoms with Gasteiger partial charge in [-0.25, -0.2) is 4.99 Å². The van der Waals surface area contributed by atoms with E-state index in [4.69, 9.17) is 14.1 Å². The van der Waals surface area contributed by atoms with Crippen LogP contribution in [-0.4, -0.2) is 13.0 Å². The molecule has 5 heteroatoms. The molecule has 0 radical (unpaired) electrons. The first-order valence-corrected chi connectivity index (χ1v) is 10.1. The number of anilines is 1. The Morgan fingerprint density at radius 3 is 2.48 bits per heavy atom. The minimum atomic E-state index is -0.286. The van der Waals surface area contributed by atoms with Crippen LogP contribution >= 0.6 is 0 Å². The molecule has 4 aromatic rings. The molecule has 0 atom stereocenters. The minimum Gasteiger partial charge on any atom is -0.493 e. The van der Waals surface area contributed by atoms with Crippen molar-refractivity contribution < 1.29 is 13.9 Å². The first-order valence-electron chi connectivity index (χ1n) is 10.1. The fraction of sp³-hybridized carbons (Fsp3) is 0.154. The van der Waals surface area contributed by atoms with Crippen LogP contribution in [0.1, 0.15) is 27.0 Å². The van der Waals surface area contributed by atoms with E-state index in [9.17, 15) is 4.79 Å². The second-order valence-electron chi connectivity index (χ2n) is 7.51. The van der Waals surface area contributed by atoms with Crippen molar-refractivity contribution in [1.29, 1.82) is 0 Å². The SMILES string of the molecule is COc1cccc2cc(C(=O)Nc3ccccc3C)c(=Nc3ccc(C)cc3C)oc12. The van der Waals surface area contributed by atoms with E-state index >= 15 is 0 Å². The summed E-state index contributed by atoms with van der Waals surface area (Å²) >= 11 is 0. The van der Waals surface area contributed by atoms with Crippen LogP contribution in [0, 0.1) is 20.8 Å². The van der Waals surface area contributed by atoms with E-state index in [-0.39, 0.29) is 11.5 Å². The highest BCUT2D eigenvalue weighted by atomic mass is 16.5. The zero-order valence-electron chi connectivity index (χ0n) is 18.0. The van der Waals surface area contributed by atoms with Gasteiger partial charge in [-0.15, -0.1) is 0 Å². The van der Waals surface area contributed by atoms with Crippen LogP contribution < -0.4 is 15.6 Å². The molecule has 156 valence electrons. The van der Waals surface area contributed by atoms with E-state index in [1.165, 1.54) is 0 Å². The summed E-state index contributed by atoms with van der Waals surface area (Å²) in [5.41, 5.74) is 5.74. The lowest BCUT2D eigenvalue weighted by molar-refractivity contribution is 0.102. The zero-order chi connectivity index (χ0) is 22.0. The molecule has 1 heterocycles. The Hall–Kier alpha value is -3.86. The van der Waals surface area contributed by atoms with Gasteiger partial charge in [0.15, 0.2) is 11.3 Å². The van der Waals surface area contributed by atoms with Gasteiger partial charge in [0.05, 0.1) is 12.8 Å². The van der Waals surface area contributed by atoms with Crippen LogP contribution in [0.25, 0.3) is 11.0 Å². The van der Waals surface area contributed by atoms with Crippen LogP contribution in [0.15, 0.2) is 76.1 Å². The highest BCUT2D eigenvalue weighted by molar-refractivity contribution is 6.06. The second-order valence-corrected chi connectivity index (χ2v) is 7.51. The number of amides is 1. The van der Waals surface area contributed by atoms with Crippen LogP contribution in [0.2, 0.25) is 0 Å². The van der Waals surface area contributed by atoms with Crippen molar-refractivity contribution in [3.63, 3.8) is 0 Å². The number of carbonyl (C=O) groups is 1. The summed E-state index contributed by atoms with van der Waals surface area (Å²) in [4.78, 5) is 18.0. The van der Waals surface area contributed by atoms with E-state index in [0.717, 1.165) is 33.5 Å². The average molecular weight is 412 g/mol. The number of rotatable bonds is 4. The van der Waals surface area contributed by atoms with Crippen molar-refractivity contribution in [3.8, 4) is 5.75 Å². The molecule has 0 aliphatic rings. The lowest BCUT2D eigenvalue weighted by Gasteiger charge is -2.10. The number of aryl methyl sites for hydroxylation is 3. The van der Waals surface area contributed by atoms with Gasteiger partial charge < -0.3 is 14.5 Å². The topological polar surface area (TPSA) is 63.8 Å². The summed E-state index contributed by atoms with van der Waals surface area (Å²) in [5, 5.41) is 3.74. The van der Waals surface area contributed by atoms with Crippen LogP contribution in [0.4, 0.5) is 11.4 Å². The average Bonchev–Trinajstić information content (AvgIpc) is 2.76. The maximum absolute atomic E-state index is 13.3. The van der Waals surface area contributed by atoms with Crippen LogP contribution in [0.5, 0.6) is 5.75 Å². The smallest absolute Gasteiger partial charge is 0.261 e. The van der Waals surface area contributed by atoms with Gasteiger partial charge in [0.1, 0.15) is 5.56 Å². The highest BCUT2D eigenvalue weighted by Crippen LogP contribution is 2.26. The molecule has 0 aliphatic heterocycles. The van der Waals surface area contributed by atoms with E-state index in [1.807, 2.05) is 81.4 Å². The number of methoxy groups -OCH3 is 1. The Bertz CT molecular complexity index is 1350. The lowest BCUT2D eigenvalue weighted by atomic mass is 10.1. The Morgan fingerprint density at radius 1 is 0.935 bits per heavy atom. The third-order valence-corrected chi connectivity index (χ3v) is 5.17. The summed E-state index contributed by atoms with van der Waals surface area (Å²) in [7, 11) is 1.59. The highest BCUT2D eigenvalue weighted by Gasteiger charge is 2.16. The van der Waals surface area contributed by atoms with Crippen molar-refractivity contribution >= 4 is 28.3 Å². The second kappa shape index (κ2) is 8.48. The largest absolute Gasteiger partial charge is 0.493 e. The van der Waals surface area contributed by atoms with Gasteiger partial charge in [0.2, 0.25) is 5.55 Å². The van der Waals surface area contributed by atoms with Gasteiger partial charge in [0.25, 0.3) is 5.91 Å². The third-order valence-electron chi connectivity index (χ3n) is 5.17. The minimum absolute atomic E-state index is 0.232. The molecule has 3 aromatic carbocycles. The maximum Gasteiger partial charge on any atom is 0.261 e. The molecule has 4 rings (SSSR count). The Labute approximate surface area is 181 Å².